The Morgan fingerprint density at radius 1 is 1.56 bits per heavy atom. The van der Waals surface area contributed by atoms with E-state index in [-0.39, 0.29) is 6.10 Å². The SMILES string of the molecule is CC(O)C1CCN(Cc2cccc3cn[nH]c23)C1. The van der Waals surface area contributed by atoms with E-state index in [2.05, 4.69) is 33.3 Å². The van der Waals surface area contributed by atoms with Crippen molar-refractivity contribution in [2.45, 2.75) is 26.0 Å². The van der Waals surface area contributed by atoms with E-state index in [9.17, 15) is 5.11 Å². The quantitative estimate of drug-likeness (QED) is 0.866. The van der Waals surface area contributed by atoms with E-state index in [0.717, 1.165) is 31.6 Å². The van der Waals surface area contributed by atoms with Crippen LogP contribution in [0.1, 0.15) is 18.9 Å². The summed E-state index contributed by atoms with van der Waals surface area (Å²) in [6.07, 6.45) is 2.76. The molecule has 0 amide bonds. The number of H-pyrrole nitrogens is 1. The summed E-state index contributed by atoms with van der Waals surface area (Å²) in [7, 11) is 0. The Bertz CT molecular complexity index is 535. The number of nitrogens with one attached hydrogen (secondary N) is 1. The van der Waals surface area contributed by atoms with Gasteiger partial charge in [0.15, 0.2) is 0 Å². The number of aromatic nitrogens is 2. The molecule has 0 spiro atoms. The summed E-state index contributed by atoms with van der Waals surface area (Å²) >= 11 is 0. The van der Waals surface area contributed by atoms with Gasteiger partial charge >= 0.3 is 0 Å². The molecule has 0 bridgehead atoms. The molecule has 18 heavy (non-hydrogen) atoms. The Morgan fingerprint density at radius 3 is 3.22 bits per heavy atom. The highest BCUT2D eigenvalue weighted by atomic mass is 16.3. The fourth-order valence-electron chi connectivity index (χ4n) is 2.80. The molecule has 1 aliphatic rings. The van der Waals surface area contributed by atoms with Crippen LogP contribution in [0.25, 0.3) is 10.9 Å². The molecule has 4 heteroatoms. The van der Waals surface area contributed by atoms with Crippen molar-refractivity contribution < 1.29 is 5.11 Å². The van der Waals surface area contributed by atoms with E-state index in [1.54, 1.807) is 0 Å². The van der Waals surface area contributed by atoms with Crippen molar-refractivity contribution in [1.82, 2.24) is 15.1 Å². The molecule has 1 saturated heterocycles. The minimum atomic E-state index is -0.196. The lowest BCUT2D eigenvalue weighted by molar-refractivity contribution is 0.127. The van der Waals surface area contributed by atoms with Gasteiger partial charge in [-0.3, -0.25) is 10.00 Å². The smallest absolute Gasteiger partial charge is 0.0695 e. The number of aliphatic hydroxyl groups is 1. The number of aliphatic hydroxyl groups excluding tert-OH is 1. The van der Waals surface area contributed by atoms with Gasteiger partial charge in [0.2, 0.25) is 0 Å². The molecule has 1 aromatic carbocycles. The summed E-state index contributed by atoms with van der Waals surface area (Å²) in [6.45, 7) is 4.88. The Hall–Kier alpha value is -1.39. The average molecular weight is 245 g/mol. The van der Waals surface area contributed by atoms with Crippen LogP contribution in [-0.4, -0.2) is 39.4 Å². The normalized spacial score (nSPS) is 22.7. The van der Waals surface area contributed by atoms with E-state index in [4.69, 9.17) is 0 Å². The number of benzene rings is 1. The highest BCUT2D eigenvalue weighted by Gasteiger charge is 2.26. The van der Waals surface area contributed by atoms with Gasteiger partial charge in [-0.15, -0.1) is 0 Å². The van der Waals surface area contributed by atoms with Gasteiger partial charge in [-0.05, 0) is 31.4 Å². The van der Waals surface area contributed by atoms with Crippen LogP contribution in [0.3, 0.4) is 0 Å². The topological polar surface area (TPSA) is 52.1 Å². The first-order valence-electron chi connectivity index (χ1n) is 6.55. The first-order valence-corrected chi connectivity index (χ1v) is 6.55. The molecular weight excluding hydrogens is 226 g/mol. The third-order valence-corrected chi connectivity index (χ3v) is 3.95. The zero-order chi connectivity index (χ0) is 12.5. The number of rotatable bonds is 3. The van der Waals surface area contributed by atoms with Gasteiger partial charge in [0.05, 0.1) is 17.8 Å². The van der Waals surface area contributed by atoms with Crippen LogP contribution < -0.4 is 0 Å². The van der Waals surface area contributed by atoms with Crippen molar-refractivity contribution in [3.8, 4) is 0 Å². The Morgan fingerprint density at radius 2 is 2.44 bits per heavy atom. The summed E-state index contributed by atoms with van der Waals surface area (Å²) < 4.78 is 0. The van der Waals surface area contributed by atoms with Crippen molar-refractivity contribution in [2.75, 3.05) is 13.1 Å². The summed E-state index contributed by atoms with van der Waals surface area (Å²) in [5.74, 6) is 0.422. The number of fused-ring (bicyclic) bond motifs is 1. The molecule has 2 unspecified atom stereocenters. The van der Waals surface area contributed by atoms with Crippen LogP contribution in [0.15, 0.2) is 24.4 Å². The third-order valence-electron chi connectivity index (χ3n) is 3.95. The maximum absolute atomic E-state index is 9.63. The summed E-state index contributed by atoms with van der Waals surface area (Å²) in [6, 6.07) is 6.30. The van der Waals surface area contributed by atoms with Crippen LogP contribution in [-0.2, 0) is 6.54 Å². The highest BCUT2D eigenvalue weighted by molar-refractivity contribution is 5.81. The summed E-state index contributed by atoms with van der Waals surface area (Å²) in [4.78, 5) is 2.41. The van der Waals surface area contributed by atoms with Crippen LogP contribution in [0.5, 0.6) is 0 Å². The molecule has 1 fully saturated rings. The number of nitrogens with zero attached hydrogens (tertiary/aromatic N) is 2. The van der Waals surface area contributed by atoms with Crippen molar-refractivity contribution in [2.24, 2.45) is 5.92 Å². The molecule has 2 atom stereocenters. The monoisotopic (exact) mass is 245 g/mol. The number of aromatic amines is 1. The van der Waals surface area contributed by atoms with Crippen molar-refractivity contribution in [1.29, 1.82) is 0 Å². The molecular formula is C14H19N3O. The zero-order valence-electron chi connectivity index (χ0n) is 10.6. The maximum Gasteiger partial charge on any atom is 0.0695 e. The van der Waals surface area contributed by atoms with E-state index in [0.29, 0.717) is 5.92 Å². The second-order valence-electron chi connectivity index (χ2n) is 5.28. The molecule has 96 valence electrons. The number of hydrogen-bond donors (Lipinski definition) is 2. The van der Waals surface area contributed by atoms with Gasteiger partial charge in [-0.2, -0.15) is 5.10 Å². The van der Waals surface area contributed by atoms with Crippen LogP contribution >= 0.6 is 0 Å². The first-order chi connectivity index (χ1) is 8.74. The van der Waals surface area contributed by atoms with E-state index in [1.807, 2.05) is 13.1 Å². The lowest BCUT2D eigenvalue weighted by atomic mass is 10.0. The Labute approximate surface area is 107 Å². The van der Waals surface area contributed by atoms with Gasteiger partial charge in [0.1, 0.15) is 0 Å². The molecule has 1 aliphatic heterocycles. The Kier molecular flexibility index (Phi) is 3.06. The highest BCUT2D eigenvalue weighted by Crippen LogP contribution is 2.23. The van der Waals surface area contributed by atoms with Crippen molar-refractivity contribution >= 4 is 10.9 Å². The predicted octanol–water partition coefficient (Wildman–Crippen LogP) is 1.77. The Balaban J connectivity index is 1.75. The standard InChI is InChI=1S/C14H19N3O/c1-10(18)12-5-6-17(8-12)9-13-4-2-3-11-7-15-16-14(11)13/h2-4,7,10,12,18H,5-6,8-9H2,1H3,(H,15,16). The molecule has 0 radical (unpaired) electrons. The number of hydrogen-bond acceptors (Lipinski definition) is 3. The molecule has 2 heterocycles. The largest absolute Gasteiger partial charge is 0.393 e. The molecule has 1 aromatic heterocycles. The van der Waals surface area contributed by atoms with Gasteiger partial charge in [0.25, 0.3) is 0 Å². The maximum atomic E-state index is 9.63. The molecule has 0 aliphatic carbocycles. The first kappa shape index (κ1) is 11.7. The average Bonchev–Trinajstić information content (AvgIpc) is 2.97. The fraction of sp³-hybridized carbons (Fsp3) is 0.500. The number of para-hydroxylation sites is 1. The van der Waals surface area contributed by atoms with Crippen LogP contribution in [0, 0.1) is 5.92 Å². The lowest BCUT2D eigenvalue weighted by Crippen LogP contribution is -2.24. The second kappa shape index (κ2) is 4.71. The fourth-order valence-corrected chi connectivity index (χ4v) is 2.80. The number of likely N-dealkylation sites (tertiary alicyclic amines) is 1. The molecule has 0 saturated carbocycles. The summed E-state index contributed by atoms with van der Waals surface area (Å²) in [5, 5.41) is 18.0. The van der Waals surface area contributed by atoms with E-state index in [1.165, 1.54) is 10.9 Å². The van der Waals surface area contributed by atoms with Crippen LogP contribution in [0.2, 0.25) is 0 Å². The van der Waals surface area contributed by atoms with Gasteiger partial charge in [0, 0.05) is 18.5 Å². The molecule has 2 aromatic rings. The second-order valence-corrected chi connectivity index (χ2v) is 5.28. The van der Waals surface area contributed by atoms with E-state index < -0.39 is 0 Å². The van der Waals surface area contributed by atoms with Crippen molar-refractivity contribution in [3.63, 3.8) is 0 Å². The zero-order valence-corrected chi connectivity index (χ0v) is 10.6. The van der Waals surface area contributed by atoms with Crippen molar-refractivity contribution in [3.05, 3.63) is 30.0 Å². The lowest BCUT2D eigenvalue weighted by Gasteiger charge is -2.17. The minimum absolute atomic E-state index is 0.196. The van der Waals surface area contributed by atoms with Gasteiger partial charge < -0.3 is 5.11 Å². The predicted molar refractivity (Wildman–Crippen MR) is 71.2 cm³/mol. The third kappa shape index (κ3) is 2.13. The van der Waals surface area contributed by atoms with Gasteiger partial charge in [-0.1, -0.05) is 18.2 Å². The molecule has 4 nitrogen and oxygen atoms in total. The van der Waals surface area contributed by atoms with Gasteiger partial charge in [-0.25, -0.2) is 0 Å². The van der Waals surface area contributed by atoms with Crippen LogP contribution in [0.4, 0.5) is 0 Å². The van der Waals surface area contributed by atoms with E-state index >= 15 is 0 Å². The minimum Gasteiger partial charge on any atom is -0.393 e. The summed E-state index contributed by atoms with van der Waals surface area (Å²) in [5.41, 5.74) is 2.43. The molecule has 2 N–H and O–H groups in total. The molecule has 3 rings (SSSR count).